The third kappa shape index (κ3) is 8.03. The summed E-state index contributed by atoms with van der Waals surface area (Å²) in [5.41, 5.74) is 1.50. The van der Waals surface area contributed by atoms with Gasteiger partial charge in [-0.25, -0.2) is 0 Å². The lowest BCUT2D eigenvalue weighted by Crippen LogP contribution is -2.48. The Morgan fingerprint density at radius 1 is 1.00 bits per heavy atom. The number of nitrogens with one attached hydrogen (secondary N) is 1. The fourth-order valence-corrected chi connectivity index (χ4v) is 4.98. The van der Waals surface area contributed by atoms with E-state index in [0.29, 0.717) is 43.9 Å². The number of hydrogen-bond donors (Lipinski definition) is 1. The first-order valence-electron chi connectivity index (χ1n) is 10.1. The molecule has 2 amide bonds. The van der Waals surface area contributed by atoms with Gasteiger partial charge < -0.3 is 10.2 Å². The Morgan fingerprint density at radius 3 is 2.25 bits per heavy atom. The van der Waals surface area contributed by atoms with Gasteiger partial charge in [0.25, 0.3) is 0 Å². The van der Waals surface area contributed by atoms with Gasteiger partial charge in [-0.05, 0) is 48.2 Å². The summed E-state index contributed by atoms with van der Waals surface area (Å²) < 4.78 is 0. The van der Waals surface area contributed by atoms with Crippen molar-refractivity contribution >= 4 is 70.0 Å². The van der Waals surface area contributed by atoms with Crippen molar-refractivity contribution in [1.29, 1.82) is 0 Å². The molecule has 1 unspecified atom stereocenters. The summed E-state index contributed by atoms with van der Waals surface area (Å²) in [6.07, 6.45) is 0. The Hall–Kier alpha value is -1.11. The van der Waals surface area contributed by atoms with E-state index in [1.54, 1.807) is 43.3 Å². The fourth-order valence-electron chi connectivity index (χ4n) is 2.86. The highest BCUT2D eigenvalue weighted by Gasteiger charge is 2.27. The second kappa shape index (κ2) is 13.0. The molecule has 0 saturated carbocycles. The molecule has 1 atom stereocenters. The molecule has 2 aromatic carbocycles. The third-order valence-electron chi connectivity index (χ3n) is 4.74. The number of amides is 2. The van der Waals surface area contributed by atoms with Gasteiger partial charge in [-0.15, -0.1) is 11.8 Å². The number of thioether (sulfide) groups is 1. The molecule has 0 fully saturated rings. The van der Waals surface area contributed by atoms with E-state index in [2.05, 4.69) is 5.32 Å². The molecule has 0 saturated heterocycles. The van der Waals surface area contributed by atoms with E-state index in [0.717, 1.165) is 5.56 Å². The van der Waals surface area contributed by atoms with Crippen molar-refractivity contribution in [2.45, 2.75) is 39.1 Å². The number of carbonyl (C=O) groups excluding carboxylic acids is 2. The molecule has 174 valence electrons. The molecule has 0 aromatic heterocycles. The average molecular weight is 536 g/mol. The molecule has 0 aliphatic heterocycles. The minimum absolute atomic E-state index is 0.161. The van der Waals surface area contributed by atoms with Crippen molar-refractivity contribution in [2.24, 2.45) is 5.92 Å². The standard InChI is InChI=1S/C23H26Cl4N2O2S/c1-14(2)10-28-23(31)15(3)29(11-16-7-8-17(24)9-21(16)27)22(30)13-32-12-18-19(25)5-4-6-20(18)26/h4-9,14-15H,10-13H2,1-3H3,(H,28,31). The monoisotopic (exact) mass is 534 g/mol. The molecule has 1 N–H and O–H groups in total. The van der Waals surface area contributed by atoms with E-state index in [4.69, 9.17) is 46.4 Å². The number of rotatable bonds is 10. The molecule has 0 aliphatic carbocycles. The van der Waals surface area contributed by atoms with Crippen LogP contribution in [0.15, 0.2) is 36.4 Å². The van der Waals surface area contributed by atoms with Crippen LogP contribution in [0.25, 0.3) is 0 Å². The summed E-state index contributed by atoms with van der Waals surface area (Å²) in [5, 5.41) is 4.96. The largest absolute Gasteiger partial charge is 0.354 e. The first-order valence-corrected chi connectivity index (χ1v) is 12.8. The molecule has 0 bridgehead atoms. The van der Waals surface area contributed by atoms with Gasteiger partial charge in [-0.2, -0.15) is 0 Å². The fraction of sp³-hybridized carbons (Fsp3) is 0.391. The average Bonchev–Trinajstić information content (AvgIpc) is 2.73. The minimum Gasteiger partial charge on any atom is -0.354 e. The van der Waals surface area contributed by atoms with Crippen LogP contribution in [0, 0.1) is 5.92 Å². The number of nitrogens with zero attached hydrogens (tertiary/aromatic N) is 1. The molecule has 0 radical (unpaired) electrons. The van der Waals surface area contributed by atoms with Crippen LogP contribution in [0.1, 0.15) is 31.9 Å². The summed E-state index contributed by atoms with van der Waals surface area (Å²) in [5.74, 6) is 0.548. The third-order valence-corrected chi connectivity index (χ3v) is 6.98. The molecular weight excluding hydrogens is 510 g/mol. The summed E-state index contributed by atoms with van der Waals surface area (Å²) in [4.78, 5) is 27.4. The van der Waals surface area contributed by atoms with Crippen molar-refractivity contribution < 1.29 is 9.59 Å². The first-order chi connectivity index (χ1) is 15.1. The summed E-state index contributed by atoms with van der Waals surface area (Å²) >= 11 is 26.2. The SMILES string of the molecule is CC(C)CNC(=O)C(C)N(Cc1ccc(Cl)cc1Cl)C(=O)CSCc1c(Cl)cccc1Cl. The van der Waals surface area contributed by atoms with Crippen LogP contribution in [0.3, 0.4) is 0 Å². The lowest BCUT2D eigenvalue weighted by molar-refractivity contribution is -0.138. The van der Waals surface area contributed by atoms with Crippen LogP contribution in [-0.2, 0) is 21.9 Å². The Labute approximate surface area is 213 Å². The van der Waals surface area contributed by atoms with Gasteiger partial charge in [0.2, 0.25) is 11.8 Å². The van der Waals surface area contributed by atoms with Crippen LogP contribution in [0.5, 0.6) is 0 Å². The topological polar surface area (TPSA) is 49.4 Å². The van der Waals surface area contributed by atoms with Gasteiger partial charge in [0.1, 0.15) is 6.04 Å². The quantitative estimate of drug-likeness (QED) is 0.367. The lowest BCUT2D eigenvalue weighted by Gasteiger charge is -2.29. The predicted molar refractivity (Wildman–Crippen MR) is 137 cm³/mol. The van der Waals surface area contributed by atoms with Crippen molar-refractivity contribution in [1.82, 2.24) is 10.2 Å². The molecular formula is C23H26Cl4N2O2S. The van der Waals surface area contributed by atoms with E-state index in [1.165, 1.54) is 16.7 Å². The van der Waals surface area contributed by atoms with Gasteiger partial charge >= 0.3 is 0 Å². The first kappa shape index (κ1) is 27.1. The Kier molecular flexibility index (Phi) is 11.0. The van der Waals surface area contributed by atoms with Gasteiger partial charge in [0.05, 0.1) is 5.75 Å². The Balaban J connectivity index is 2.14. The highest BCUT2D eigenvalue weighted by Crippen LogP contribution is 2.29. The Morgan fingerprint density at radius 2 is 1.66 bits per heavy atom. The van der Waals surface area contributed by atoms with Gasteiger partial charge in [0.15, 0.2) is 0 Å². The second-order valence-corrected chi connectivity index (χ2v) is 10.4. The highest BCUT2D eigenvalue weighted by atomic mass is 35.5. The van der Waals surface area contributed by atoms with E-state index in [-0.39, 0.29) is 24.1 Å². The Bertz CT molecular complexity index is 935. The van der Waals surface area contributed by atoms with Gasteiger partial charge in [-0.3, -0.25) is 9.59 Å². The van der Waals surface area contributed by atoms with Crippen molar-refractivity contribution in [2.75, 3.05) is 12.3 Å². The van der Waals surface area contributed by atoms with E-state index >= 15 is 0 Å². The van der Waals surface area contributed by atoms with E-state index in [1.807, 2.05) is 13.8 Å². The van der Waals surface area contributed by atoms with Crippen LogP contribution in [0.2, 0.25) is 20.1 Å². The second-order valence-electron chi connectivity index (χ2n) is 7.77. The van der Waals surface area contributed by atoms with Crippen LogP contribution in [-0.4, -0.2) is 35.1 Å². The summed E-state index contributed by atoms with van der Waals surface area (Å²) in [7, 11) is 0. The molecule has 2 rings (SSSR count). The summed E-state index contributed by atoms with van der Waals surface area (Å²) in [6.45, 7) is 6.47. The smallest absolute Gasteiger partial charge is 0.242 e. The maximum atomic E-state index is 13.2. The van der Waals surface area contributed by atoms with Gasteiger partial charge in [0, 0.05) is 38.9 Å². The number of benzene rings is 2. The van der Waals surface area contributed by atoms with Crippen LogP contribution in [0.4, 0.5) is 0 Å². The summed E-state index contributed by atoms with van der Waals surface area (Å²) in [6, 6.07) is 9.74. The molecule has 2 aromatic rings. The molecule has 32 heavy (non-hydrogen) atoms. The van der Waals surface area contributed by atoms with Crippen molar-refractivity contribution in [3.8, 4) is 0 Å². The molecule has 0 spiro atoms. The zero-order valence-corrected chi connectivity index (χ0v) is 22.0. The zero-order chi connectivity index (χ0) is 23.8. The molecule has 0 heterocycles. The van der Waals surface area contributed by atoms with Crippen molar-refractivity contribution in [3.05, 3.63) is 67.6 Å². The predicted octanol–water partition coefficient (Wildman–Crippen LogP) is 6.72. The minimum atomic E-state index is -0.669. The zero-order valence-electron chi connectivity index (χ0n) is 18.1. The number of carbonyl (C=O) groups is 2. The van der Waals surface area contributed by atoms with Crippen LogP contribution >= 0.6 is 58.2 Å². The molecule has 0 aliphatic rings. The highest BCUT2D eigenvalue weighted by molar-refractivity contribution is 7.99. The molecule has 4 nitrogen and oxygen atoms in total. The number of hydrogen-bond acceptors (Lipinski definition) is 3. The normalized spacial score (nSPS) is 12.0. The van der Waals surface area contributed by atoms with Crippen molar-refractivity contribution in [3.63, 3.8) is 0 Å². The maximum absolute atomic E-state index is 13.2. The number of halogens is 4. The lowest BCUT2D eigenvalue weighted by atomic mass is 10.1. The maximum Gasteiger partial charge on any atom is 0.242 e. The van der Waals surface area contributed by atoms with Crippen LogP contribution < -0.4 is 5.32 Å². The molecule has 9 heteroatoms. The van der Waals surface area contributed by atoms with E-state index in [9.17, 15) is 9.59 Å². The van der Waals surface area contributed by atoms with Gasteiger partial charge in [-0.1, -0.05) is 72.4 Å². The van der Waals surface area contributed by atoms with E-state index < -0.39 is 6.04 Å².